The Balaban J connectivity index is 1.40. The number of anilines is 2. The number of hydrogen-bond acceptors (Lipinski definition) is 2. The van der Waals surface area contributed by atoms with Crippen molar-refractivity contribution in [2.75, 3.05) is 22.9 Å². The van der Waals surface area contributed by atoms with E-state index in [1.165, 1.54) is 28.1 Å². The highest BCUT2D eigenvalue weighted by molar-refractivity contribution is 5.86. The van der Waals surface area contributed by atoms with Gasteiger partial charge in [-0.3, -0.25) is 0 Å². The topological polar surface area (TPSA) is 6.48 Å². The fraction of sp³-hybridized carbons (Fsp3) is 0.172. The molecule has 2 aromatic rings. The van der Waals surface area contributed by atoms with Crippen molar-refractivity contribution in [1.29, 1.82) is 0 Å². The maximum Gasteiger partial charge on any atom is 0.0485 e. The molecule has 2 aliphatic rings. The van der Waals surface area contributed by atoms with E-state index in [0.29, 0.717) is 5.92 Å². The third-order valence-electron chi connectivity index (χ3n) is 5.76. The number of fused-ring (bicyclic) bond motifs is 2. The van der Waals surface area contributed by atoms with Crippen LogP contribution in [-0.4, -0.2) is 13.1 Å². The van der Waals surface area contributed by atoms with Crippen molar-refractivity contribution in [2.45, 2.75) is 19.8 Å². The molecule has 2 heteroatoms. The second-order valence-corrected chi connectivity index (χ2v) is 7.61. The number of allylic oxidation sites excluding steroid dienone is 10. The molecule has 31 heavy (non-hydrogen) atoms. The molecule has 2 aliphatic heterocycles. The second-order valence-electron chi connectivity index (χ2n) is 7.61. The van der Waals surface area contributed by atoms with Gasteiger partial charge in [0, 0.05) is 48.3 Å². The van der Waals surface area contributed by atoms with Crippen LogP contribution in [0, 0.1) is 0 Å². The lowest BCUT2D eigenvalue weighted by atomic mass is 9.93. The predicted molar refractivity (Wildman–Crippen MR) is 135 cm³/mol. The van der Waals surface area contributed by atoms with E-state index in [0.717, 1.165) is 13.1 Å². The van der Waals surface area contributed by atoms with Gasteiger partial charge in [0.2, 0.25) is 0 Å². The molecule has 0 aromatic heterocycles. The summed E-state index contributed by atoms with van der Waals surface area (Å²) in [5.41, 5.74) is 6.46. The molecule has 2 nitrogen and oxygen atoms in total. The van der Waals surface area contributed by atoms with E-state index in [2.05, 4.69) is 139 Å². The summed E-state index contributed by atoms with van der Waals surface area (Å²) in [5, 5.41) is 0. The van der Waals surface area contributed by atoms with Crippen molar-refractivity contribution in [2.24, 2.45) is 0 Å². The molecular formula is C29H30N2. The molecule has 4 rings (SSSR count). The molecule has 0 saturated heterocycles. The Labute approximate surface area is 186 Å². The molecule has 1 unspecified atom stereocenters. The molecule has 156 valence electrons. The highest BCUT2D eigenvalue weighted by atomic mass is 15.1. The van der Waals surface area contributed by atoms with Crippen molar-refractivity contribution in [3.8, 4) is 0 Å². The van der Waals surface area contributed by atoms with E-state index >= 15 is 0 Å². The molecule has 2 aromatic carbocycles. The largest absolute Gasteiger partial charge is 0.348 e. The fourth-order valence-corrected chi connectivity index (χ4v) is 4.12. The van der Waals surface area contributed by atoms with Crippen LogP contribution in [0.25, 0.3) is 5.57 Å². The Kier molecular flexibility index (Phi) is 6.68. The molecule has 0 spiro atoms. The summed E-state index contributed by atoms with van der Waals surface area (Å²) >= 11 is 0. The van der Waals surface area contributed by atoms with Gasteiger partial charge in [-0.25, -0.2) is 0 Å². The molecule has 0 fully saturated rings. The normalized spacial score (nSPS) is 19.2. The summed E-state index contributed by atoms with van der Waals surface area (Å²) in [6.45, 7) is 6.32. The molecule has 1 atom stereocenters. The first-order valence-corrected chi connectivity index (χ1v) is 11.1. The number of para-hydroxylation sites is 2. The van der Waals surface area contributed by atoms with Gasteiger partial charge in [0.1, 0.15) is 0 Å². The zero-order valence-corrected chi connectivity index (χ0v) is 18.4. The second kappa shape index (κ2) is 9.99. The minimum absolute atomic E-state index is 0.320. The average Bonchev–Trinajstić information content (AvgIpc) is 2.83. The predicted octanol–water partition coefficient (Wildman–Crippen LogP) is 7.23. The lowest BCUT2D eigenvalue weighted by Crippen LogP contribution is -2.20. The molecule has 0 radical (unpaired) electrons. The lowest BCUT2D eigenvalue weighted by Gasteiger charge is -2.28. The minimum Gasteiger partial charge on any atom is -0.348 e. The maximum atomic E-state index is 2.29. The smallest absolute Gasteiger partial charge is 0.0485 e. The third-order valence-corrected chi connectivity index (χ3v) is 5.76. The first-order valence-electron chi connectivity index (χ1n) is 11.1. The summed E-state index contributed by atoms with van der Waals surface area (Å²) < 4.78 is 0. The van der Waals surface area contributed by atoms with Crippen LogP contribution in [0.15, 0.2) is 116 Å². The molecule has 0 aliphatic carbocycles. The van der Waals surface area contributed by atoms with E-state index in [1.54, 1.807) is 0 Å². The standard InChI is InChI=1S/C29H30N2/c1-3-30-22-20-24(26-16-10-12-18-28(26)30)14-8-6-5-7-9-15-25-21-23-31(4-2)29-19-13-11-17-27(25)29/h5-24H,3-4H2,1-2H3/b6-5+,9-7+,14-8+,25-15-. The highest BCUT2D eigenvalue weighted by Crippen LogP contribution is 2.34. The summed E-state index contributed by atoms with van der Waals surface area (Å²) in [6.07, 6.45) is 23.8. The summed E-state index contributed by atoms with van der Waals surface area (Å²) in [4.78, 5) is 4.57. The average molecular weight is 407 g/mol. The molecular weight excluding hydrogens is 376 g/mol. The van der Waals surface area contributed by atoms with Crippen LogP contribution < -0.4 is 9.80 Å². The monoisotopic (exact) mass is 406 g/mol. The maximum absolute atomic E-state index is 2.29. The van der Waals surface area contributed by atoms with E-state index in [4.69, 9.17) is 0 Å². The van der Waals surface area contributed by atoms with Gasteiger partial charge in [0.25, 0.3) is 0 Å². The summed E-state index contributed by atoms with van der Waals surface area (Å²) in [6, 6.07) is 17.2. The zero-order chi connectivity index (χ0) is 21.5. The van der Waals surface area contributed by atoms with Crippen LogP contribution in [0.2, 0.25) is 0 Å². The SMILES string of the molecule is CCN1C=C/C(=C/C=C/C=C/C=C/C2C=CN(CC)c3ccccc32)c2ccccc21. The van der Waals surface area contributed by atoms with Gasteiger partial charge in [-0.1, -0.05) is 85.0 Å². The van der Waals surface area contributed by atoms with Gasteiger partial charge in [-0.15, -0.1) is 0 Å². The van der Waals surface area contributed by atoms with Crippen LogP contribution in [0.1, 0.15) is 30.9 Å². The first kappa shape index (κ1) is 20.7. The Bertz CT molecular complexity index is 1080. The Morgan fingerprint density at radius 1 is 0.742 bits per heavy atom. The first-order chi connectivity index (χ1) is 15.3. The van der Waals surface area contributed by atoms with E-state index in [9.17, 15) is 0 Å². The Morgan fingerprint density at radius 3 is 2.26 bits per heavy atom. The van der Waals surface area contributed by atoms with Crippen molar-refractivity contribution in [3.05, 3.63) is 127 Å². The summed E-state index contributed by atoms with van der Waals surface area (Å²) in [7, 11) is 0. The van der Waals surface area contributed by atoms with Crippen LogP contribution in [0.5, 0.6) is 0 Å². The molecule has 2 heterocycles. The van der Waals surface area contributed by atoms with Crippen LogP contribution in [0.3, 0.4) is 0 Å². The van der Waals surface area contributed by atoms with Gasteiger partial charge >= 0.3 is 0 Å². The Hall–Kier alpha value is -3.52. The lowest BCUT2D eigenvalue weighted by molar-refractivity contribution is 0.934. The number of rotatable bonds is 6. The molecule has 0 N–H and O–H groups in total. The minimum atomic E-state index is 0.320. The van der Waals surface area contributed by atoms with Crippen LogP contribution in [0.4, 0.5) is 11.4 Å². The Morgan fingerprint density at radius 2 is 1.42 bits per heavy atom. The van der Waals surface area contributed by atoms with Crippen molar-refractivity contribution in [1.82, 2.24) is 0 Å². The fourth-order valence-electron chi connectivity index (χ4n) is 4.12. The van der Waals surface area contributed by atoms with Gasteiger partial charge in [0.05, 0.1) is 0 Å². The quantitative estimate of drug-likeness (QED) is 0.467. The van der Waals surface area contributed by atoms with Crippen molar-refractivity contribution < 1.29 is 0 Å². The summed E-state index contributed by atoms with van der Waals surface area (Å²) in [5.74, 6) is 0.320. The van der Waals surface area contributed by atoms with Crippen molar-refractivity contribution >= 4 is 16.9 Å². The van der Waals surface area contributed by atoms with E-state index in [1.807, 2.05) is 0 Å². The van der Waals surface area contributed by atoms with Gasteiger partial charge in [0.15, 0.2) is 0 Å². The van der Waals surface area contributed by atoms with E-state index < -0.39 is 0 Å². The van der Waals surface area contributed by atoms with Gasteiger partial charge < -0.3 is 9.80 Å². The van der Waals surface area contributed by atoms with Crippen molar-refractivity contribution in [3.63, 3.8) is 0 Å². The van der Waals surface area contributed by atoms with Gasteiger partial charge in [-0.2, -0.15) is 0 Å². The van der Waals surface area contributed by atoms with Crippen LogP contribution >= 0.6 is 0 Å². The number of nitrogens with zero attached hydrogens (tertiary/aromatic N) is 2. The third kappa shape index (κ3) is 4.64. The van der Waals surface area contributed by atoms with Gasteiger partial charge in [-0.05, 0) is 43.2 Å². The molecule has 0 saturated carbocycles. The zero-order valence-electron chi connectivity index (χ0n) is 18.4. The molecule has 0 amide bonds. The molecule has 0 bridgehead atoms. The number of benzene rings is 2. The van der Waals surface area contributed by atoms with Crippen LogP contribution in [-0.2, 0) is 0 Å². The van der Waals surface area contributed by atoms with E-state index in [-0.39, 0.29) is 0 Å². The number of hydrogen-bond donors (Lipinski definition) is 0. The highest BCUT2D eigenvalue weighted by Gasteiger charge is 2.17.